The number of nitrogens with two attached hydrogens (primary N) is 1. The lowest BCUT2D eigenvalue weighted by Gasteiger charge is -2.49. The highest BCUT2D eigenvalue weighted by molar-refractivity contribution is 5.96. The molecule has 3 aliphatic carbocycles. The molecule has 3 amide bonds. The number of carboxylic acids is 2. The Bertz CT molecular complexity index is 1590. The molecule has 2 fully saturated rings. The van der Waals surface area contributed by atoms with Gasteiger partial charge in [-0.25, -0.2) is 4.79 Å². The highest BCUT2D eigenvalue weighted by atomic mass is 16.6. The number of carbonyl (C=O) groups is 5. The molecule has 5 aliphatic rings. The molecule has 6 N–H and O–H groups in total. The normalized spacial score (nSPS) is 26.6. The molecule has 0 radical (unpaired) electrons. The van der Waals surface area contributed by atoms with Gasteiger partial charge >= 0.3 is 18.0 Å². The lowest BCUT2D eigenvalue weighted by molar-refractivity contribution is -0.144. The third kappa shape index (κ3) is 6.45. The molecule has 1 aromatic carbocycles. The molecule has 6 atom stereocenters. The fourth-order valence-corrected chi connectivity index (χ4v) is 8.50. The van der Waals surface area contributed by atoms with Crippen molar-refractivity contribution in [2.75, 3.05) is 26.7 Å². The summed E-state index contributed by atoms with van der Waals surface area (Å²) in [5.74, 6) is -2.40. The maximum atomic E-state index is 13.9. The second-order valence-corrected chi connectivity index (χ2v) is 13.6. The molecule has 14 heteroatoms. The second-order valence-electron chi connectivity index (χ2n) is 13.6. The molecule has 2 bridgehead atoms. The SMILES string of the molecule is COc1ccc2c3c1OC1C(OC(=O)N4CCC(C(=O)O)CC4CNC(=O)[C@H](CCCCN)NC(=O)CC(=O)O)=CC=C4[C@H](CCC[C@]431)C2. The topological polar surface area (TPSA) is 207 Å². The first-order valence-corrected chi connectivity index (χ1v) is 17.1. The largest absolute Gasteiger partial charge is 0.493 e. The minimum atomic E-state index is -1.33. The van der Waals surface area contributed by atoms with E-state index in [4.69, 9.17) is 25.1 Å². The molecule has 1 aromatic rings. The van der Waals surface area contributed by atoms with Crippen LogP contribution in [0.1, 0.15) is 68.9 Å². The van der Waals surface area contributed by atoms with E-state index >= 15 is 0 Å². The number of ether oxygens (including phenoxy) is 3. The van der Waals surface area contributed by atoms with Gasteiger partial charge in [0.2, 0.25) is 11.8 Å². The Labute approximate surface area is 284 Å². The Hall–Kier alpha value is -4.59. The maximum Gasteiger partial charge on any atom is 0.415 e. The van der Waals surface area contributed by atoms with Gasteiger partial charge in [0.15, 0.2) is 23.4 Å². The van der Waals surface area contributed by atoms with Crippen LogP contribution in [0.4, 0.5) is 4.79 Å². The van der Waals surface area contributed by atoms with Crippen LogP contribution in [-0.2, 0) is 35.8 Å². The number of hydrogen-bond acceptors (Lipinski definition) is 9. The first kappa shape index (κ1) is 34.3. The van der Waals surface area contributed by atoms with Crippen LogP contribution in [0.2, 0.25) is 0 Å². The number of carbonyl (C=O) groups excluding carboxylic acids is 3. The smallest absolute Gasteiger partial charge is 0.415 e. The summed E-state index contributed by atoms with van der Waals surface area (Å²) < 4.78 is 18.4. The minimum Gasteiger partial charge on any atom is -0.493 e. The lowest BCUT2D eigenvalue weighted by atomic mass is 9.53. The number of allylic oxidation sites excluding steroid dienone is 2. The zero-order valence-corrected chi connectivity index (χ0v) is 27.6. The van der Waals surface area contributed by atoms with Gasteiger partial charge in [0.05, 0.1) is 24.5 Å². The molecule has 3 unspecified atom stereocenters. The van der Waals surface area contributed by atoms with Crippen molar-refractivity contribution in [1.29, 1.82) is 0 Å². The quantitative estimate of drug-likeness (QED) is 0.151. The van der Waals surface area contributed by atoms with Crippen molar-refractivity contribution in [3.63, 3.8) is 0 Å². The van der Waals surface area contributed by atoms with E-state index in [-0.39, 0.29) is 32.4 Å². The molecule has 2 heterocycles. The summed E-state index contributed by atoms with van der Waals surface area (Å²) in [6.45, 7) is 0.381. The Morgan fingerprint density at radius 2 is 1.96 bits per heavy atom. The summed E-state index contributed by atoms with van der Waals surface area (Å²) in [6, 6.07) is 2.29. The van der Waals surface area contributed by atoms with Crippen molar-refractivity contribution in [2.45, 2.75) is 87.8 Å². The van der Waals surface area contributed by atoms with Crippen LogP contribution in [0.3, 0.4) is 0 Å². The zero-order chi connectivity index (χ0) is 34.9. The summed E-state index contributed by atoms with van der Waals surface area (Å²) in [6.07, 6.45) is 7.32. The van der Waals surface area contributed by atoms with Gasteiger partial charge in [-0.3, -0.25) is 19.2 Å². The van der Waals surface area contributed by atoms with Crippen LogP contribution in [0.15, 0.2) is 35.6 Å². The van der Waals surface area contributed by atoms with Crippen LogP contribution < -0.4 is 25.8 Å². The van der Waals surface area contributed by atoms with E-state index < -0.39 is 65.8 Å². The Balaban J connectivity index is 1.20. The minimum absolute atomic E-state index is 0.0779. The average Bonchev–Trinajstić information content (AvgIpc) is 3.41. The number of carboxylic acid groups (broad SMARTS) is 2. The van der Waals surface area contributed by atoms with E-state index in [9.17, 15) is 29.1 Å². The van der Waals surface area contributed by atoms with Gasteiger partial charge in [0.1, 0.15) is 12.5 Å². The van der Waals surface area contributed by atoms with Crippen LogP contribution in [0.25, 0.3) is 0 Å². The predicted molar refractivity (Wildman–Crippen MR) is 174 cm³/mol. The Morgan fingerprint density at radius 3 is 2.69 bits per heavy atom. The number of amides is 3. The molecule has 1 spiro atoms. The number of aliphatic carboxylic acids is 2. The fraction of sp³-hybridized carbons (Fsp3) is 0.571. The summed E-state index contributed by atoms with van der Waals surface area (Å²) >= 11 is 0. The van der Waals surface area contributed by atoms with E-state index in [0.717, 1.165) is 31.2 Å². The lowest BCUT2D eigenvalue weighted by Crippen LogP contribution is -2.55. The number of nitrogens with one attached hydrogen (secondary N) is 2. The first-order valence-electron chi connectivity index (χ1n) is 17.1. The predicted octanol–water partition coefficient (Wildman–Crippen LogP) is 2.38. The summed E-state index contributed by atoms with van der Waals surface area (Å²) in [5, 5.41) is 24.0. The molecule has 49 heavy (non-hydrogen) atoms. The molecular formula is C35H44N4O10. The van der Waals surface area contributed by atoms with Crippen LogP contribution in [0.5, 0.6) is 11.5 Å². The number of rotatable bonds is 13. The number of benzene rings is 1. The van der Waals surface area contributed by atoms with Gasteiger partial charge in [0.25, 0.3) is 0 Å². The molecule has 6 rings (SSSR count). The van der Waals surface area contributed by atoms with Crippen molar-refractivity contribution in [1.82, 2.24) is 15.5 Å². The van der Waals surface area contributed by atoms with Gasteiger partial charge in [-0.2, -0.15) is 0 Å². The van der Waals surface area contributed by atoms with E-state index in [0.29, 0.717) is 42.6 Å². The van der Waals surface area contributed by atoms with Crippen molar-refractivity contribution >= 4 is 29.8 Å². The van der Waals surface area contributed by atoms with Crippen molar-refractivity contribution in [3.05, 3.63) is 46.7 Å². The summed E-state index contributed by atoms with van der Waals surface area (Å²) in [5.41, 5.74) is 8.75. The molecule has 1 saturated heterocycles. The third-order valence-corrected chi connectivity index (χ3v) is 10.7. The molecule has 14 nitrogen and oxygen atoms in total. The summed E-state index contributed by atoms with van der Waals surface area (Å²) in [7, 11) is 1.60. The van der Waals surface area contributed by atoms with Gasteiger partial charge in [-0.1, -0.05) is 24.1 Å². The average molecular weight is 681 g/mol. The second kappa shape index (κ2) is 14.1. The van der Waals surface area contributed by atoms with E-state index in [1.165, 1.54) is 16.0 Å². The molecule has 2 aliphatic heterocycles. The number of methoxy groups -OCH3 is 1. The molecular weight excluding hydrogens is 636 g/mol. The van der Waals surface area contributed by atoms with Gasteiger partial charge < -0.3 is 45.7 Å². The van der Waals surface area contributed by atoms with Crippen molar-refractivity contribution in [3.8, 4) is 11.5 Å². The Morgan fingerprint density at radius 1 is 1.14 bits per heavy atom. The monoisotopic (exact) mass is 680 g/mol. The highest BCUT2D eigenvalue weighted by Crippen LogP contribution is 2.64. The number of likely N-dealkylation sites (tertiary alicyclic amines) is 1. The molecule has 0 aromatic heterocycles. The highest BCUT2D eigenvalue weighted by Gasteiger charge is 2.61. The van der Waals surface area contributed by atoms with Crippen molar-refractivity contribution < 1.29 is 48.4 Å². The van der Waals surface area contributed by atoms with Gasteiger partial charge in [-0.05, 0) is 81.5 Å². The van der Waals surface area contributed by atoms with Crippen molar-refractivity contribution in [2.24, 2.45) is 17.6 Å². The number of piperidine rings is 1. The third-order valence-electron chi connectivity index (χ3n) is 10.7. The maximum absolute atomic E-state index is 13.9. The van der Waals surface area contributed by atoms with E-state index in [2.05, 4.69) is 22.8 Å². The van der Waals surface area contributed by atoms with E-state index in [1.54, 1.807) is 7.11 Å². The van der Waals surface area contributed by atoms with Crippen LogP contribution in [-0.4, -0.2) is 89.9 Å². The number of unbranched alkanes of at least 4 members (excludes halogenated alkanes) is 1. The number of hydrogen-bond donors (Lipinski definition) is 5. The molecule has 264 valence electrons. The fourth-order valence-electron chi connectivity index (χ4n) is 8.50. The molecule has 1 saturated carbocycles. The summed E-state index contributed by atoms with van der Waals surface area (Å²) in [4.78, 5) is 63.8. The van der Waals surface area contributed by atoms with Gasteiger partial charge in [-0.15, -0.1) is 0 Å². The zero-order valence-electron chi connectivity index (χ0n) is 27.6. The number of nitrogens with zero attached hydrogens (tertiary/aromatic N) is 1. The van der Waals surface area contributed by atoms with Crippen LogP contribution >= 0.6 is 0 Å². The Kier molecular flexibility index (Phi) is 9.87. The standard InChI is InChI=1S/C35H44N4O10/c1-47-25-9-7-20-15-19-5-4-12-35-23(19)8-10-26(31(35)49-30(25)29(20)35)48-34(46)39-14-11-21(33(44)45)16-22(39)18-37-32(43)24(6-2-3-13-36)38-27(40)17-28(41)42/h7-10,19,21-22,24,31H,2-6,11-18,36H2,1H3,(H,37,43)(H,38,40)(H,41,42)(H,44,45)/t19-,21?,22?,24+,31?,35+/m1/s1. The van der Waals surface area contributed by atoms with Crippen LogP contribution in [0, 0.1) is 11.8 Å². The first-order chi connectivity index (χ1) is 23.6. The van der Waals surface area contributed by atoms with E-state index in [1.807, 2.05) is 12.1 Å². The van der Waals surface area contributed by atoms with Gasteiger partial charge in [0, 0.05) is 18.7 Å².